The van der Waals surface area contributed by atoms with Crippen LogP contribution >= 0.6 is 0 Å². The molecule has 0 bridgehead atoms. The molecule has 38 heavy (non-hydrogen) atoms. The van der Waals surface area contributed by atoms with Gasteiger partial charge in [0.05, 0.1) is 18.2 Å². The highest BCUT2D eigenvalue weighted by atomic mass is 16.5. The number of benzene rings is 2. The fourth-order valence-corrected chi connectivity index (χ4v) is 4.82. The minimum atomic E-state index is -0.649. The Bertz CT molecular complexity index is 1110. The highest BCUT2D eigenvalue weighted by Gasteiger charge is 2.46. The number of carbonyl (C=O) groups is 2. The van der Waals surface area contributed by atoms with Crippen LogP contribution in [0, 0.1) is 0 Å². The van der Waals surface area contributed by atoms with E-state index in [4.69, 9.17) is 4.74 Å². The molecule has 1 heterocycles. The number of likely N-dealkylation sites (N-methyl/N-ethyl adjacent to an activating group) is 1. The third-order valence-corrected chi connectivity index (χ3v) is 7.33. The first kappa shape index (κ1) is 29.4. The smallest absolute Gasteiger partial charge is 0.295 e. The molecule has 1 saturated heterocycles. The summed E-state index contributed by atoms with van der Waals surface area (Å²) in [6.07, 6.45) is 3.23. The molecule has 0 aliphatic carbocycles. The summed E-state index contributed by atoms with van der Waals surface area (Å²) in [5.74, 6) is -0.658. The second-order valence-corrected chi connectivity index (χ2v) is 11.0. The number of unbranched alkanes of at least 4 members (excludes halogenated alkanes) is 2. The van der Waals surface area contributed by atoms with Gasteiger partial charge in [-0.2, -0.15) is 0 Å². The summed E-state index contributed by atoms with van der Waals surface area (Å²) in [5.41, 5.74) is 2.58. The third kappa shape index (κ3) is 6.84. The lowest BCUT2D eigenvalue weighted by Gasteiger charge is -2.28. The number of hydrogen-bond donors (Lipinski definition) is 1. The number of amides is 1. The van der Waals surface area contributed by atoms with Gasteiger partial charge >= 0.3 is 0 Å². The van der Waals surface area contributed by atoms with Gasteiger partial charge in [0.2, 0.25) is 0 Å². The normalized spacial score (nSPS) is 17.4. The third-order valence-electron chi connectivity index (χ3n) is 7.33. The number of hydrogen-bond acceptors (Lipinski definition) is 5. The molecular weight excluding hydrogens is 476 g/mol. The van der Waals surface area contributed by atoms with Gasteiger partial charge in [-0.05, 0) is 60.3 Å². The van der Waals surface area contributed by atoms with Crippen molar-refractivity contribution < 1.29 is 19.4 Å². The standard InChI is InChI=1S/C32H44N2O4/c1-7-10-11-22-38-26-18-14-24(15-19-26)29(35)27-28(23-12-16-25(17-13-23)32(4,5)6)34(31(37)30(27)36)21-20-33(8-2)9-3/h12-19,28,35H,7-11,20-22H2,1-6H3/b29-27-. The summed E-state index contributed by atoms with van der Waals surface area (Å²) >= 11 is 0. The number of rotatable bonds is 12. The van der Waals surface area contributed by atoms with Crippen LogP contribution in [0.2, 0.25) is 0 Å². The highest BCUT2D eigenvalue weighted by molar-refractivity contribution is 6.46. The largest absolute Gasteiger partial charge is 0.507 e. The number of likely N-dealkylation sites (tertiary alicyclic amines) is 1. The van der Waals surface area contributed by atoms with Crippen LogP contribution in [0.25, 0.3) is 5.76 Å². The van der Waals surface area contributed by atoms with Gasteiger partial charge in [-0.3, -0.25) is 9.59 Å². The Labute approximate surface area is 228 Å². The van der Waals surface area contributed by atoms with Crippen molar-refractivity contribution in [2.24, 2.45) is 0 Å². The van der Waals surface area contributed by atoms with Gasteiger partial charge in [-0.25, -0.2) is 0 Å². The first-order valence-electron chi connectivity index (χ1n) is 14.0. The number of Topliss-reactive ketones (excluding diaryl/α,β-unsaturated/α-hetero) is 1. The lowest BCUT2D eigenvalue weighted by molar-refractivity contribution is -0.140. The quantitative estimate of drug-likeness (QED) is 0.154. The first-order chi connectivity index (χ1) is 18.1. The van der Waals surface area contributed by atoms with Gasteiger partial charge < -0.3 is 19.6 Å². The van der Waals surface area contributed by atoms with E-state index < -0.39 is 17.7 Å². The minimum Gasteiger partial charge on any atom is -0.507 e. The summed E-state index contributed by atoms with van der Waals surface area (Å²) in [6, 6.07) is 14.5. The van der Waals surface area contributed by atoms with Crippen molar-refractivity contribution >= 4 is 17.4 Å². The van der Waals surface area contributed by atoms with Gasteiger partial charge in [0.1, 0.15) is 11.5 Å². The average molecular weight is 521 g/mol. The van der Waals surface area contributed by atoms with Crippen LogP contribution in [0.3, 0.4) is 0 Å². The van der Waals surface area contributed by atoms with E-state index in [2.05, 4.69) is 46.4 Å². The molecule has 6 nitrogen and oxygen atoms in total. The Hall–Kier alpha value is -3.12. The zero-order chi connectivity index (χ0) is 27.9. The summed E-state index contributed by atoms with van der Waals surface area (Å²) in [4.78, 5) is 30.5. The maximum absolute atomic E-state index is 13.3. The molecule has 1 aliphatic rings. The van der Waals surface area contributed by atoms with E-state index in [9.17, 15) is 14.7 Å². The molecule has 206 valence electrons. The minimum absolute atomic E-state index is 0.0244. The molecule has 0 spiro atoms. The number of ether oxygens (including phenoxy) is 1. The second-order valence-electron chi connectivity index (χ2n) is 11.0. The van der Waals surface area contributed by atoms with Crippen LogP contribution in [0.15, 0.2) is 54.1 Å². The molecule has 1 atom stereocenters. The first-order valence-corrected chi connectivity index (χ1v) is 14.0. The molecule has 0 aromatic heterocycles. The van der Waals surface area contributed by atoms with Crippen molar-refractivity contribution in [1.29, 1.82) is 0 Å². The highest BCUT2D eigenvalue weighted by Crippen LogP contribution is 2.40. The van der Waals surface area contributed by atoms with Crippen molar-refractivity contribution in [2.75, 3.05) is 32.8 Å². The molecule has 1 unspecified atom stereocenters. The van der Waals surface area contributed by atoms with E-state index in [1.165, 1.54) is 0 Å². The molecule has 2 aromatic carbocycles. The lowest BCUT2D eigenvalue weighted by atomic mass is 9.85. The molecule has 6 heteroatoms. The summed E-state index contributed by atoms with van der Waals surface area (Å²) in [6.45, 7) is 16.2. The lowest BCUT2D eigenvalue weighted by Crippen LogP contribution is -2.38. The van der Waals surface area contributed by atoms with Crippen molar-refractivity contribution in [2.45, 2.75) is 72.3 Å². The Kier molecular flexibility index (Phi) is 10.1. The topological polar surface area (TPSA) is 70.1 Å². The van der Waals surface area contributed by atoms with Crippen LogP contribution in [-0.4, -0.2) is 59.4 Å². The summed E-state index contributed by atoms with van der Waals surface area (Å²) in [5, 5.41) is 11.4. The Morgan fingerprint density at radius 1 is 0.947 bits per heavy atom. The predicted molar refractivity (Wildman–Crippen MR) is 153 cm³/mol. The van der Waals surface area contributed by atoms with E-state index in [-0.39, 0.29) is 16.7 Å². The van der Waals surface area contributed by atoms with Gasteiger partial charge in [0.15, 0.2) is 0 Å². The Morgan fingerprint density at radius 3 is 2.13 bits per heavy atom. The summed E-state index contributed by atoms with van der Waals surface area (Å²) in [7, 11) is 0. The SMILES string of the molecule is CCCCCOc1ccc(/C(O)=C2/C(=O)C(=O)N(CCN(CC)CC)C2c2ccc(C(C)(C)C)cc2)cc1. The van der Waals surface area contributed by atoms with Crippen LogP contribution in [-0.2, 0) is 15.0 Å². The van der Waals surface area contributed by atoms with E-state index in [0.717, 1.165) is 43.5 Å². The van der Waals surface area contributed by atoms with Crippen LogP contribution in [0.1, 0.15) is 83.5 Å². The fraction of sp³-hybridized carbons (Fsp3) is 0.500. The summed E-state index contributed by atoms with van der Waals surface area (Å²) < 4.78 is 5.80. The molecule has 2 aromatic rings. The molecule has 1 aliphatic heterocycles. The molecule has 1 fully saturated rings. The van der Waals surface area contributed by atoms with E-state index in [0.29, 0.717) is 31.0 Å². The maximum atomic E-state index is 13.3. The van der Waals surface area contributed by atoms with Gasteiger partial charge in [-0.1, -0.05) is 78.6 Å². The maximum Gasteiger partial charge on any atom is 0.295 e. The molecular formula is C32H44N2O4. The molecule has 3 rings (SSSR count). The fourth-order valence-electron chi connectivity index (χ4n) is 4.82. The van der Waals surface area contributed by atoms with Crippen molar-refractivity contribution in [3.8, 4) is 5.75 Å². The van der Waals surface area contributed by atoms with Crippen LogP contribution in [0.4, 0.5) is 0 Å². The number of aliphatic hydroxyl groups excluding tert-OH is 1. The molecule has 1 N–H and O–H groups in total. The molecule has 0 radical (unpaired) electrons. The van der Waals surface area contributed by atoms with Crippen LogP contribution < -0.4 is 4.74 Å². The number of ketones is 1. The Morgan fingerprint density at radius 2 is 1.58 bits per heavy atom. The molecule has 0 saturated carbocycles. The zero-order valence-corrected chi connectivity index (χ0v) is 23.9. The Balaban J connectivity index is 1.99. The number of nitrogens with zero attached hydrogens (tertiary/aromatic N) is 2. The van der Waals surface area contributed by atoms with Gasteiger partial charge in [0, 0.05) is 18.7 Å². The van der Waals surface area contributed by atoms with E-state index in [1.807, 2.05) is 24.3 Å². The van der Waals surface area contributed by atoms with Crippen molar-refractivity contribution in [1.82, 2.24) is 9.80 Å². The van der Waals surface area contributed by atoms with Crippen LogP contribution in [0.5, 0.6) is 5.75 Å². The second kappa shape index (κ2) is 13.1. The van der Waals surface area contributed by atoms with E-state index in [1.54, 1.807) is 29.2 Å². The van der Waals surface area contributed by atoms with Gasteiger partial charge in [0.25, 0.3) is 11.7 Å². The molecule has 1 amide bonds. The predicted octanol–water partition coefficient (Wildman–Crippen LogP) is 6.32. The monoisotopic (exact) mass is 520 g/mol. The average Bonchev–Trinajstić information content (AvgIpc) is 3.16. The zero-order valence-electron chi connectivity index (χ0n) is 23.9. The van der Waals surface area contributed by atoms with E-state index >= 15 is 0 Å². The van der Waals surface area contributed by atoms with Gasteiger partial charge in [-0.15, -0.1) is 0 Å². The van der Waals surface area contributed by atoms with Crippen molar-refractivity contribution in [3.05, 3.63) is 70.8 Å². The number of aliphatic hydroxyl groups is 1. The van der Waals surface area contributed by atoms with Crippen molar-refractivity contribution in [3.63, 3.8) is 0 Å². The number of carbonyl (C=O) groups excluding carboxylic acids is 2.